The lowest BCUT2D eigenvalue weighted by molar-refractivity contribution is 0.665. The molecule has 1 aromatic carbocycles. The Hall–Kier alpha value is -1.60. The van der Waals surface area contributed by atoms with Gasteiger partial charge in [-0.15, -0.1) is 13.2 Å². The monoisotopic (exact) mass is 427 g/mol. The molecule has 0 aliphatic carbocycles. The van der Waals surface area contributed by atoms with E-state index in [1.165, 1.54) is 79.2 Å². The van der Waals surface area contributed by atoms with E-state index in [1.807, 2.05) is 13.8 Å². The van der Waals surface area contributed by atoms with Gasteiger partial charge in [-0.2, -0.15) is 0 Å². The first-order valence-electron chi connectivity index (χ1n) is 12.7. The molecule has 0 fully saturated rings. The first kappa shape index (κ1) is 31.6. The van der Waals surface area contributed by atoms with Gasteiger partial charge in [0, 0.05) is 6.54 Å². The van der Waals surface area contributed by atoms with Crippen molar-refractivity contribution in [2.75, 3.05) is 13.1 Å². The maximum atomic E-state index is 3.85. The zero-order chi connectivity index (χ0) is 23.9. The molecule has 1 aliphatic rings. The van der Waals surface area contributed by atoms with Crippen LogP contribution in [0.3, 0.4) is 0 Å². The molecule has 1 aromatic rings. The van der Waals surface area contributed by atoms with Crippen LogP contribution in [0.5, 0.6) is 0 Å². The second-order valence-corrected chi connectivity index (χ2v) is 8.38. The van der Waals surface area contributed by atoms with E-state index >= 15 is 0 Å². The number of aryl methyl sites for hydroxylation is 1. The van der Waals surface area contributed by atoms with Gasteiger partial charge < -0.3 is 5.32 Å². The van der Waals surface area contributed by atoms with Gasteiger partial charge >= 0.3 is 0 Å². The van der Waals surface area contributed by atoms with Crippen molar-refractivity contribution in [1.29, 1.82) is 0 Å². The standard InChI is InChI=1S/C12H15N.C9H18.C7H14.C2H6/c1-10-2-4-11(5-3-10)12-6-8-13-9-7-12;1-4-5-6-7-8-9(2)3;1-4-5-6-7(2)3;1-2/h2-6,13H,7-9H2,1H3;2,4-8H2,1,3H3;2,4-6H2,1,3H3;1-2H3. The lowest BCUT2D eigenvalue weighted by Crippen LogP contribution is -2.19. The number of hydrogen-bond donors (Lipinski definition) is 1. The number of unbranched alkanes of at least 4 members (excludes halogenated alkanes) is 4. The van der Waals surface area contributed by atoms with Crippen molar-refractivity contribution in [2.24, 2.45) is 0 Å². The predicted molar refractivity (Wildman–Crippen MR) is 146 cm³/mol. The highest BCUT2D eigenvalue weighted by Crippen LogP contribution is 2.19. The molecule has 0 saturated carbocycles. The van der Waals surface area contributed by atoms with E-state index in [-0.39, 0.29) is 0 Å². The SMILES string of the molecule is C=C(C)CCCC.C=C(C)CCCCCC.CC.Cc1ccc(C2=CCNCC2)cc1. The first-order valence-corrected chi connectivity index (χ1v) is 12.7. The summed E-state index contributed by atoms with van der Waals surface area (Å²) in [5.41, 5.74) is 6.83. The van der Waals surface area contributed by atoms with E-state index in [0.717, 1.165) is 19.5 Å². The molecular weight excluding hydrogens is 374 g/mol. The van der Waals surface area contributed by atoms with Crippen molar-refractivity contribution in [3.8, 4) is 0 Å². The molecule has 0 amide bonds. The number of allylic oxidation sites excluding steroid dienone is 2. The van der Waals surface area contributed by atoms with Crippen LogP contribution in [0.15, 0.2) is 54.6 Å². The fraction of sp³-hybridized carbons (Fsp3) is 0.600. The summed E-state index contributed by atoms with van der Waals surface area (Å²) in [6.45, 7) is 24.5. The number of benzene rings is 1. The summed E-state index contributed by atoms with van der Waals surface area (Å²) in [5.74, 6) is 0. The summed E-state index contributed by atoms with van der Waals surface area (Å²) in [7, 11) is 0. The average molecular weight is 428 g/mol. The molecule has 0 aromatic heterocycles. The molecule has 0 radical (unpaired) electrons. The van der Waals surface area contributed by atoms with Crippen molar-refractivity contribution in [3.63, 3.8) is 0 Å². The molecule has 1 aliphatic heterocycles. The second kappa shape index (κ2) is 23.1. The molecular formula is C30H53N. The Labute approximate surface area is 196 Å². The van der Waals surface area contributed by atoms with Crippen molar-refractivity contribution in [3.05, 3.63) is 65.8 Å². The zero-order valence-corrected chi connectivity index (χ0v) is 22.1. The van der Waals surface area contributed by atoms with Gasteiger partial charge in [-0.3, -0.25) is 0 Å². The largest absolute Gasteiger partial charge is 0.313 e. The molecule has 1 heteroatoms. The summed E-state index contributed by atoms with van der Waals surface area (Å²) >= 11 is 0. The normalized spacial score (nSPS) is 12.0. The van der Waals surface area contributed by atoms with Crippen LogP contribution >= 0.6 is 0 Å². The topological polar surface area (TPSA) is 12.0 Å². The fourth-order valence-electron chi connectivity index (χ4n) is 2.98. The molecule has 0 spiro atoms. The Morgan fingerprint density at radius 1 is 0.839 bits per heavy atom. The van der Waals surface area contributed by atoms with Crippen molar-refractivity contribution in [2.45, 2.75) is 106 Å². The van der Waals surface area contributed by atoms with Gasteiger partial charge in [-0.25, -0.2) is 0 Å². The number of rotatable bonds is 9. The van der Waals surface area contributed by atoms with Crippen LogP contribution in [0.2, 0.25) is 0 Å². The molecule has 1 nitrogen and oxygen atoms in total. The van der Waals surface area contributed by atoms with Gasteiger partial charge in [0.05, 0.1) is 0 Å². The van der Waals surface area contributed by atoms with E-state index in [0.29, 0.717) is 0 Å². The van der Waals surface area contributed by atoms with Gasteiger partial charge in [0.15, 0.2) is 0 Å². The zero-order valence-electron chi connectivity index (χ0n) is 22.1. The summed E-state index contributed by atoms with van der Waals surface area (Å²) in [6.07, 6.45) is 13.9. The van der Waals surface area contributed by atoms with Gasteiger partial charge in [0.25, 0.3) is 0 Å². The summed E-state index contributed by atoms with van der Waals surface area (Å²) in [6, 6.07) is 8.79. The van der Waals surface area contributed by atoms with E-state index < -0.39 is 0 Å². The quantitative estimate of drug-likeness (QED) is 0.305. The minimum atomic E-state index is 1.02. The van der Waals surface area contributed by atoms with E-state index in [1.54, 1.807) is 0 Å². The summed E-state index contributed by atoms with van der Waals surface area (Å²) in [4.78, 5) is 0. The molecule has 178 valence electrons. The maximum Gasteiger partial charge on any atom is 0.0140 e. The first-order chi connectivity index (χ1) is 14.9. The van der Waals surface area contributed by atoms with Crippen LogP contribution in [0.25, 0.3) is 5.57 Å². The minimum Gasteiger partial charge on any atom is -0.313 e. The van der Waals surface area contributed by atoms with Crippen molar-refractivity contribution < 1.29 is 0 Å². The van der Waals surface area contributed by atoms with Crippen LogP contribution in [-0.4, -0.2) is 13.1 Å². The Bertz CT molecular complexity index is 577. The fourth-order valence-corrected chi connectivity index (χ4v) is 2.98. The highest BCUT2D eigenvalue weighted by atomic mass is 14.8. The Morgan fingerprint density at radius 3 is 1.81 bits per heavy atom. The lowest BCUT2D eigenvalue weighted by atomic mass is 9.99. The van der Waals surface area contributed by atoms with Crippen LogP contribution in [0.4, 0.5) is 0 Å². The second-order valence-electron chi connectivity index (χ2n) is 8.38. The third-order valence-electron chi connectivity index (χ3n) is 4.90. The van der Waals surface area contributed by atoms with Gasteiger partial charge in [-0.1, -0.05) is 100 Å². The number of nitrogens with one attached hydrogen (secondary N) is 1. The molecule has 1 heterocycles. The Morgan fingerprint density at radius 2 is 1.39 bits per heavy atom. The molecule has 0 saturated heterocycles. The third-order valence-corrected chi connectivity index (χ3v) is 4.90. The highest BCUT2D eigenvalue weighted by Gasteiger charge is 2.04. The van der Waals surface area contributed by atoms with Gasteiger partial charge in [0.2, 0.25) is 0 Å². The third kappa shape index (κ3) is 21.4. The molecule has 0 bridgehead atoms. The molecule has 0 atom stereocenters. The molecule has 31 heavy (non-hydrogen) atoms. The molecule has 1 N–H and O–H groups in total. The lowest BCUT2D eigenvalue weighted by Gasteiger charge is -2.14. The van der Waals surface area contributed by atoms with Crippen LogP contribution < -0.4 is 5.32 Å². The number of hydrogen-bond acceptors (Lipinski definition) is 1. The molecule has 0 unspecified atom stereocenters. The maximum absolute atomic E-state index is 3.85. The Balaban J connectivity index is 0. The summed E-state index contributed by atoms with van der Waals surface area (Å²) in [5, 5.41) is 3.32. The minimum absolute atomic E-state index is 1.02. The smallest absolute Gasteiger partial charge is 0.0140 e. The van der Waals surface area contributed by atoms with Crippen LogP contribution in [-0.2, 0) is 0 Å². The highest BCUT2D eigenvalue weighted by molar-refractivity contribution is 5.66. The van der Waals surface area contributed by atoms with Gasteiger partial charge in [-0.05, 0) is 70.6 Å². The van der Waals surface area contributed by atoms with Crippen molar-refractivity contribution in [1.82, 2.24) is 5.32 Å². The predicted octanol–water partition coefficient (Wildman–Crippen LogP) is 9.68. The summed E-state index contributed by atoms with van der Waals surface area (Å²) < 4.78 is 0. The van der Waals surface area contributed by atoms with Crippen molar-refractivity contribution >= 4 is 5.57 Å². The van der Waals surface area contributed by atoms with E-state index in [2.05, 4.69) is 83.4 Å². The average Bonchev–Trinajstić information content (AvgIpc) is 2.78. The van der Waals surface area contributed by atoms with Crippen LogP contribution in [0, 0.1) is 6.92 Å². The van der Waals surface area contributed by atoms with Gasteiger partial charge in [0.1, 0.15) is 0 Å². The molecule has 2 rings (SSSR count). The van der Waals surface area contributed by atoms with Crippen LogP contribution in [0.1, 0.15) is 110 Å². The Kier molecular flexibility index (Phi) is 23.5. The van der Waals surface area contributed by atoms with E-state index in [9.17, 15) is 0 Å². The van der Waals surface area contributed by atoms with E-state index in [4.69, 9.17) is 0 Å².